The molecule has 4 heteroatoms. The van der Waals surface area contributed by atoms with Gasteiger partial charge in [0, 0.05) is 19.8 Å². The van der Waals surface area contributed by atoms with Gasteiger partial charge in [-0.05, 0) is 6.42 Å². The minimum Gasteiger partial charge on any atom is -0.430 e. The maximum atomic E-state index is 11.0. The quantitative estimate of drug-likeness (QED) is 0.589. The first kappa shape index (κ1) is 9.26. The molecule has 0 saturated carbocycles. The van der Waals surface area contributed by atoms with Gasteiger partial charge in [0.1, 0.15) is 10.8 Å². The van der Waals surface area contributed by atoms with E-state index in [1.165, 1.54) is 6.92 Å². The van der Waals surface area contributed by atoms with Gasteiger partial charge in [-0.15, -0.1) is 0 Å². The van der Waals surface area contributed by atoms with Crippen molar-refractivity contribution >= 4 is 23.4 Å². The van der Waals surface area contributed by atoms with Gasteiger partial charge in [0.05, 0.1) is 0 Å². The fourth-order valence-corrected chi connectivity index (χ4v) is 1.28. The van der Waals surface area contributed by atoms with Crippen LogP contribution in [0.4, 0.5) is 0 Å². The zero-order chi connectivity index (χ0) is 9.14. The lowest BCUT2D eigenvalue weighted by Crippen LogP contribution is -2.11. The van der Waals surface area contributed by atoms with E-state index in [-0.39, 0.29) is 10.8 Å². The second-order valence-electron chi connectivity index (χ2n) is 2.61. The number of carbonyl (C=O) groups excluding carboxylic acids is 2. The SMILES string of the molecule is CC(=O)OC1=C(Cl)C(=O)CCC1. The minimum atomic E-state index is -0.433. The zero-order valence-corrected chi connectivity index (χ0v) is 7.48. The van der Waals surface area contributed by atoms with E-state index in [0.29, 0.717) is 25.0 Å². The van der Waals surface area contributed by atoms with Gasteiger partial charge in [-0.3, -0.25) is 9.59 Å². The molecule has 0 unspecified atom stereocenters. The van der Waals surface area contributed by atoms with E-state index < -0.39 is 5.97 Å². The summed E-state index contributed by atoms with van der Waals surface area (Å²) in [6, 6.07) is 0. The van der Waals surface area contributed by atoms with Crippen molar-refractivity contribution in [3.63, 3.8) is 0 Å². The Labute approximate surface area is 75.3 Å². The van der Waals surface area contributed by atoms with Crippen LogP contribution < -0.4 is 0 Å². The van der Waals surface area contributed by atoms with Crippen molar-refractivity contribution in [1.82, 2.24) is 0 Å². The molecule has 0 aromatic heterocycles. The topological polar surface area (TPSA) is 43.4 Å². The number of ether oxygens (including phenoxy) is 1. The van der Waals surface area contributed by atoms with Crippen molar-refractivity contribution in [3.8, 4) is 0 Å². The molecular weight excluding hydrogens is 180 g/mol. The third-order valence-corrected chi connectivity index (χ3v) is 1.99. The van der Waals surface area contributed by atoms with E-state index in [0.717, 1.165) is 0 Å². The summed E-state index contributed by atoms with van der Waals surface area (Å²) in [5, 5.41) is 0.0800. The molecule has 0 spiro atoms. The molecule has 0 radical (unpaired) electrons. The maximum Gasteiger partial charge on any atom is 0.307 e. The lowest BCUT2D eigenvalue weighted by molar-refractivity contribution is -0.137. The van der Waals surface area contributed by atoms with Crippen molar-refractivity contribution < 1.29 is 14.3 Å². The number of hydrogen-bond acceptors (Lipinski definition) is 3. The van der Waals surface area contributed by atoms with Crippen LogP contribution in [0.1, 0.15) is 26.2 Å². The fraction of sp³-hybridized carbons (Fsp3) is 0.500. The normalized spacial score (nSPS) is 18.0. The number of allylic oxidation sites excluding steroid dienone is 2. The maximum absolute atomic E-state index is 11.0. The summed E-state index contributed by atoms with van der Waals surface area (Å²) in [5.74, 6) is -0.252. The first-order chi connectivity index (χ1) is 5.61. The van der Waals surface area contributed by atoms with Crippen LogP contribution in [-0.2, 0) is 14.3 Å². The predicted molar refractivity (Wildman–Crippen MR) is 43.5 cm³/mol. The molecule has 0 aromatic carbocycles. The van der Waals surface area contributed by atoms with Crippen molar-refractivity contribution in [3.05, 3.63) is 10.8 Å². The Morgan fingerprint density at radius 2 is 2.17 bits per heavy atom. The molecule has 66 valence electrons. The molecule has 0 N–H and O–H groups in total. The summed E-state index contributed by atoms with van der Waals surface area (Å²) in [6.07, 6.45) is 1.73. The second kappa shape index (κ2) is 3.72. The Balaban J connectivity index is 2.78. The predicted octanol–water partition coefficient (Wildman–Crippen LogP) is 1.75. The highest BCUT2D eigenvalue weighted by Gasteiger charge is 2.20. The average molecular weight is 189 g/mol. The molecule has 3 nitrogen and oxygen atoms in total. The highest BCUT2D eigenvalue weighted by molar-refractivity contribution is 6.43. The smallest absolute Gasteiger partial charge is 0.307 e. The molecule has 0 atom stereocenters. The molecule has 0 fully saturated rings. The van der Waals surface area contributed by atoms with Crippen LogP contribution in [0.5, 0.6) is 0 Å². The van der Waals surface area contributed by atoms with E-state index in [4.69, 9.17) is 16.3 Å². The Kier molecular flexibility index (Phi) is 2.87. The number of rotatable bonds is 1. The van der Waals surface area contributed by atoms with Gasteiger partial charge in [-0.25, -0.2) is 0 Å². The van der Waals surface area contributed by atoms with Gasteiger partial charge in [0.15, 0.2) is 5.78 Å². The third-order valence-electron chi connectivity index (χ3n) is 1.56. The van der Waals surface area contributed by atoms with Crippen molar-refractivity contribution in [2.75, 3.05) is 0 Å². The van der Waals surface area contributed by atoms with Crippen LogP contribution in [0.15, 0.2) is 10.8 Å². The van der Waals surface area contributed by atoms with Crippen LogP contribution in [0, 0.1) is 0 Å². The van der Waals surface area contributed by atoms with Gasteiger partial charge in [0.2, 0.25) is 0 Å². The van der Waals surface area contributed by atoms with E-state index >= 15 is 0 Å². The van der Waals surface area contributed by atoms with Crippen LogP contribution >= 0.6 is 11.6 Å². The number of carbonyl (C=O) groups is 2. The van der Waals surface area contributed by atoms with Gasteiger partial charge in [-0.2, -0.15) is 0 Å². The summed E-state index contributed by atoms with van der Waals surface area (Å²) in [4.78, 5) is 21.5. The second-order valence-corrected chi connectivity index (χ2v) is 2.99. The highest BCUT2D eigenvalue weighted by atomic mass is 35.5. The van der Waals surface area contributed by atoms with E-state index in [2.05, 4.69) is 0 Å². The number of halogens is 1. The molecule has 1 aliphatic carbocycles. The fourth-order valence-electron chi connectivity index (χ4n) is 1.05. The largest absolute Gasteiger partial charge is 0.430 e. The summed E-state index contributed by atoms with van der Waals surface area (Å²) in [5.41, 5.74) is 0. The van der Waals surface area contributed by atoms with Crippen molar-refractivity contribution in [2.24, 2.45) is 0 Å². The van der Waals surface area contributed by atoms with Gasteiger partial charge >= 0.3 is 5.97 Å². The van der Waals surface area contributed by atoms with Crippen molar-refractivity contribution in [2.45, 2.75) is 26.2 Å². The molecule has 0 aromatic rings. The summed E-state index contributed by atoms with van der Waals surface area (Å²) in [6.45, 7) is 1.29. The Morgan fingerprint density at radius 3 is 2.75 bits per heavy atom. The number of esters is 1. The van der Waals surface area contributed by atoms with Crippen LogP contribution in [0.3, 0.4) is 0 Å². The molecule has 0 saturated heterocycles. The lowest BCUT2D eigenvalue weighted by Gasteiger charge is -2.13. The molecule has 1 rings (SSSR count). The average Bonchev–Trinajstić information content (AvgIpc) is 1.98. The summed E-state index contributed by atoms with van der Waals surface area (Å²) >= 11 is 5.63. The Hall–Kier alpha value is -0.830. The van der Waals surface area contributed by atoms with Gasteiger partial charge in [-0.1, -0.05) is 11.6 Å². The number of ketones is 1. The number of hydrogen-bond donors (Lipinski definition) is 0. The molecule has 0 bridgehead atoms. The molecule has 0 aliphatic heterocycles. The van der Waals surface area contributed by atoms with Crippen LogP contribution in [0.2, 0.25) is 0 Å². The first-order valence-corrected chi connectivity index (χ1v) is 4.09. The van der Waals surface area contributed by atoms with E-state index in [1.807, 2.05) is 0 Å². The third kappa shape index (κ3) is 2.08. The summed E-state index contributed by atoms with van der Waals surface area (Å²) < 4.78 is 4.76. The van der Waals surface area contributed by atoms with Crippen LogP contribution in [-0.4, -0.2) is 11.8 Å². The molecular formula is C8H9ClO3. The summed E-state index contributed by atoms with van der Waals surface area (Å²) in [7, 11) is 0. The molecule has 0 amide bonds. The first-order valence-electron chi connectivity index (χ1n) is 3.71. The highest BCUT2D eigenvalue weighted by Crippen LogP contribution is 2.25. The van der Waals surface area contributed by atoms with Gasteiger partial charge in [0.25, 0.3) is 0 Å². The Bertz CT molecular complexity index is 255. The lowest BCUT2D eigenvalue weighted by atomic mass is 10.1. The molecule has 0 heterocycles. The Morgan fingerprint density at radius 1 is 1.50 bits per heavy atom. The van der Waals surface area contributed by atoms with Crippen LogP contribution in [0.25, 0.3) is 0 Å². The molecule has 1 aliphatic rings. The van der Waals surface area contributed by atoms with E-state index in [9.17, 15) is 9.59 Å². The number of Topliss-reactive ketones (excluding diaryl/α,β-unsaturated/α-hetero) is 1. The van der Waals surface area contributed by atoms with Gasteiger partial charge < -0.3 is 4.74 Å². The van der Waals surface area contributed by atoms with E-state index in [1.54, 1.807) is 0 Å². The monoisotopic (exact) mass is 188 g/mol. The molecule has 12 heavy (non-hydrogen) atoms. The standard InChI is InChI=1S/C8H9ClO3/c1-5(10)12-7-4-2-3-6(11)8(7)9/h2-4H2,1H3. The van der Waals surface area contributed by atoms with Crippen molar-refractivity contribution in [1.29, 1.82) is 0 Å². The minimum absolute atomic E-state index is 0.0800. The zero-order valence-electron chi connectivity index (χ0n) is 6.72.